The highest BCUT2D eigenvalue weighted by Gasteiger charge is 2.02. The largest absolute Gasteiger partial charge is 0.397 e. The van der Waals surface area contributed by atoms with Gasteiger partial charge in [0.15, 0.2) is 0 Å². The minimum atomic E-state index is -0.423. The van der Waals surface area contributed by atoms with Crippen LogP contribution in [0.1, 0.15) is 28.0 Å². The number of pyridine rings is 1. The summed E-state index contributed by atoms with van der Waals surface area (Å²) in [5.41, 5.74) is 9.22. The SMILES string of the molecule is Nc1cccnc1CCCc1ccc(C(=O)Cl)cc1. The van der Waals surface area contributed by atoms with Crippen molar-refractivity contribution in [3.8, 4) is 0 Å². The van der Waals surface area contributed by atoms with Gasteiger partial charge in [0.2, 0.25) is 0 Å². The average molecular weight is 275 g/mol. The van der Waals surface area contributed by atoms with Crippen LogP contribution < -0.4 is 5.73 Å². The molecule has 0 radical (unpaired) electrons. The lowest BCUT2D eigenvalue weighted by Crippen LogP contribution is -1.98. The third-order valence-electron chi connectivity index (χ3n) is 2.99. The molecule has 0 saturated heterocycles. The average Bonchev–Trinajstić information content (AvgIpc) is 2.41. The van der Waals surface area contributed by atoms with Crippen LogP contribution in [0.4, 0.5) is 5.69 Å². The first-order valence-corrected chi connectivity index (χ1v) is 6.53. The Morgan fingerprint density at radius 3 is 2.53 bits per heavy atom. The molecule has 1 aromatic heterocycles. The highest BCUT2D eigenvalue weighted by atomic mass is 35.5. The van der Waals surface area contributed by atoms with Crippen LogP contribution in [0.25, 0.3) is 0 Å². The second kappa shape index (κ2) is 6.34. The van der Waals surface area contributed by atoms with Gasteiger partial charge < -0.3 is 5.73 Å². The summed E-state index contributed by atoms with van der Waals surface area (Å²) in [6.07, 6.45) is 4.50. The first-order chi connectivity index (χ1) is 9.16. The fourth-order valence-corrected chi connectivity index (χ4v) is 2.05. The highest BCUT2D eigenvalue weighted by Crippen LogP contribution is 2.13. The van der Waals surface area contributed by atoms with Crippen LogP contribution >= 0.6 is 11.6 Å². The molecule has 0 aliphatic carbocycles. The van der Waals surface area contributed by atoms with Crippen LogP contribution in [-0.2, 0) is 12.8 Å². The van der Waals surface area contributed by atoms with Gasteiger partial charge >= 0.3 is 0 Å². The van der Waals surface area contributed by atoms with E-state index in [1.165, 1.54) is 5.56 Å². The number of carbonyl (C=O) groups excluding carboxylic acids is 1. The number of aromatic nitrogens is 1. The maximum absolute atomic E-state index is 10.9. The molecule has 98 valence electrons. The number of nitrogens with two attached hydrogens (primary N) is 1. The van der Waals surface area contributed by atoms with Crippen molar-refractivity contribution in [3.05, 3.63) is 59.4 Å². The molecule has 0 atom stereocenters. The molecule has 0 aliphatic heterocycles. The number of benzene rings is 1. The molecule has 0 aliphatic rings. The van der Waals surface area contributed by atoms with Crippen molar-refractivity contribution < 1.29 is 4.79 Å². The summed E-state index contributed by atoms with van der Waals surface area (Å²) in [6.45, 7) is 0. The fraction of sp³-hybridized carbons (Fsp3) is 0.200. The minimum Gasteiger partial charge on any atom is -0.397 e. The topological polar surface area (TPSA) is 56.0 Å². The van der Waals surface area contributed by atoms with Gasteiger partial charge in [-0.25, -0.2) is 0 Å². The Bertz CT molecular complexity index is 567. The van der Waals surface area contributed by atoms with Gasteiger partial charge in [0, 0.05) is 11.8 Å². The van der Waals surface area contributed by atoms with Crippen LogP contribution in [0.2, 0.25) is 0 Å². The molecule has 0 unspecified atom stereocenters. The quantitative estimate of drug-likeness (QED) is 0.852. The van der Waals surface area contributed by atoms with Gasteiger partial charge in [-0.2, -0.15) is 0 Å². The van der Waals surface area contributed by atoms with Gasteiger partial charge in [-0.05, 0) is 60.7 Å². The lowest BCUT2D eigenvalue weighted by molar-refractivity contribution is 0.108. The Morgan fingerprint density at radius 2 is 1.89 bits per heavy atom. The molecule has 3 nitrogen and oxygen atoms in total. The Balaban J connectivity index is 1.89. The summed E-state index contributed by atoms with van der Waals surface area (Å²) in [7, 11) is 0. The number of hydrogen-bond donors (Lipinski definition) is 1. The van der Waals surface area contributed by atoms with Gasteiger partial charge in [0.25, 0.3) is 5.24 Å². The maximum Gasteiger partial charge on any atom is 0.252 e. The van der Waals surface area contributed by atoms with Crippen molar-refractivity contribution in [2.24, 2.45) is 0 Å². The number of rotatable bonds is 5. The predicted molar refractivity (Wildman–Crippen MR) is 77.3 cm³/mol. The molecule has 4 heteroatoms. The van der Waals surface area contributed by atoms with Crippen LogP contribution in [0.3, 0.4) is 0 Å². The zero-order chi connectivity index (χ0) is 13.7. The second-order valence-electron chi connectivity index (χ2n) is 4.36. The summed E-state index contributed by atoms with van der Waals surface area (Å²) in [5, 5.41) is -0.423. The van der Waals surface area contributed by atoms with Crippen molar-refractivity contribution in [1.82, 2.24) is 4.98 Å². The van der Waals surface area contributed by atoms with E-state index in [9.17, 15) is 4.79 Å². The molecule has 0 fully saturated rings. The summed E-state index contributed by atoms with van der Waals surface area (Å²) >= 11 is 5.40. The smallest absolute Gasteiger partial charge is 0.252 e. The zero-order valence-corrected chi connectivity index (χ0v) is 11.2. The van der Waals surface area contributed by atoms with E-state index in [0.29, 0.717) is 5.56 Å². The summed E-state index contributed by atoms with van der Waals surface area (Å²) in [4.78, 5) is 15.2. The zero-order valence-electron chi connectivity index (χ0n) is 10.5. The highest BCUT2D eigenvalue weighted by molar-refractivity contribution is 6.67. The van der Waals surface area contributed by atoms with E-state index in [-0.39, 0.29) is 0 Å². The third-order valence-corrected chi connectivity index (χ3v) is 3.20. The number of nitrogens with zero attached hydrogens (tertiary/aromatic N) is 1. The molecule has 1 aromatic carbocycles. The summed E-state index contributed by atoms with van der Waals surface area (Å²) < 4.78 is 0. The van der Waals surface area contributed by atoms with Crippen molar-refractivity contribution in [2.45, 2.75) is 19.3 Å². The number of hydrogen-bond acceptors (Lipinski definition) is 3. The van der Waals surface area contributed by atoms with E-state index in [1.54, 1.807) is 18.3 Å². The van der Waals surface area contributed by atoms with E-state index in [1.807, 2.05) is 24.3 Å². The summed E-state index contributed by atoms with van der Waals surface area (Å²) in [6, 6.07) is 11.1. The monoisotopic (exact) mass is 274 g/mol. The lowest BCUT2D eigenvalue weighted by atomic mass is 10.0. The van der Waals surface area contributed by atoms with Crippen LogP contribution in [0, 0.1) is 0 Å². The molecule has 0 amide bonds. The van der Waals surface area contributed by atoms with Gasteiger partial charge in [0.1, 0.15) is 0 Å². The Morgan fingerprint density at radius 1 is 1.16 bits per heavy atom. The van der Waals surface area contributed by atoms with Crippen LogP contribution in [0.5, 0.6) is 0 Å². The van der Waals surface area contributed by atoms with Gasteiger partial charge in [-0.15, -0.1) is 0 Å². The normalized spacial score (nSPS) is 10.4. The standard InChI is InChI=1S/C15H15ClN2O/c16-15(19)12-8-6-11(7-9-12)3-1-5-14-13(17)4-2-10-18-14/h2,4,6-10H,1,3,5,17H2. The maximum atomic E-state index is 10.9. The molecule has 0 saturated carbocycles. The van der Waals surface area contributed by atoms with E-state index >= 15 is 0 Å². The number of anilines is 1. The molecule has 0 bridgehead atoms. The molecule has 2 aromatic rings. The van der Waals surface area contributed by atoms with Crippen molar-refractivity contribution in [1.29, 1.82) is 0 Å². The second-order valence-corrected chi connectivity index (χ2v) is 4.71. The van der Waals surface area contributed by atoms with E-state index in [0.717, 1.165) is 30.6 Å². The van der Waals surface area contributed by atoms with Crippen molar-refractivity contribution >= 4 is 22.5 Å². The van der Waals surface area contributed by atoms with Crippen LogP contribution in [-0.4, -0.2) is 10.2 Å². The molecule has 2 rings (SSSR count). The molecular weight excluding hydrogens is 260 g/mol. The van der Waals surface area contributed by atoms with E-state index in [4.69, 9.17) is 17.3 Å². The number of carbonyl (C=O) groups is 1. The molecule has 0 spiro atoms. The first-order valence-electron chi connectivity index (χ1n) is 6.15. The van der Waals surface area contributed by atoms with Gasteiger partial charge in [-0.3, -0.25) is 9.78 Å². The lowest BCUT2D eigenvalue weighted by Gasteiger charge is -2.04. The third kappa shape index (κ3) is 3.80. The number of nitrogen functional groups attached to an aromatic ring is 1. The number of halogens is 1. The van der Waals surface area contributed by atoms with Crippen molar-refractivity contribution in [3.63, 3.8) is 0 Å². The summed E-state index contributed by atoms with van der Waals surface area (Å²) in [5.74, 6) is 0. The van der Waals surface area contributed by atoms with E-state index in [2.05, 4.69) is 4.98 Å². The minimum absolute atomic E-state index is 0.423. The Labute approximate surface area is 117 Å². The first kappa shape index (κ1) is 13.6. The van der Waals surface area contributed by atoms with Crippen molar-refractivity contribution in [2.75, 3.05) is 5.73 Å². The Hall–Kier alpha value is -1.87. The molecule has 19 heavy (non-hydrogen) atoms. The fourth-order valence-electron chi connectivity index (χ4n) is 1.92. The van der Waals surface area contributed by atoms with Crippen LogP contribution in [0.15, 0.2) is 42.6 Å². The van der Waals surface area contributed by atoms with Gasteiger partial charge in [-0.1, -0.05) is 12.1 Å². The predicted octanol–water partition coefficient (Wildman–Crippen LogP) is 3.22. The number of aryl methyl sites for hydroxylation is 2. The Kier molecular flexibility index (Phi) is 4.53. The van der Waals surface area contributed by atoms with E-state index < -0.39 is 5.24 Å². The molecule has 2 N–H and O–H groups in total. The van der Waals surface area contributed by atoms with Gasteiger partial charge in [0.05, 0.1) is 11.4 Å². The molecular formula is C15H15ClN2O. The molecule has 1 heterocycles.